The fourth-order valence-corrected chi connectivity index (χ4v) is 4.95. The molecule has 2 aromatic carbocycles. The average molecular weight is 538 g/mol. The highest BCUT2D eigenvalue weighted by Crippen LogP contribution is 2.40. The number of ether oxygens (including phenoxy) is 1. The number of phenolic OH excluding ortho intramolecular Hbond substituents is 2. The van der Waals surface area contributed by atoms with Gasteiger partial charge in [0.15, 0.2) is 34.7 Å². The average Bonchev–Trinajstić information content (AvgIpc) is 3.34. The number of nitrogens with one attached hydrogen (secondary N) is 1. The van der Waals surface area contributed by atoms with Crippen molar-refractivity contribution in [2.45, 2.75) is 31.0 Å². The highest BCUT2D eigenvalue weighted by Gasteiger charge is 2.44. The van der Waals surface area contributed by atoms with Gasteiger partial charge in [-0.2, -0.15) is 9.97 Å². The van der Waals surface area contributed by atoms with Crippen molar-refractivity contribution in [1.29, 1.82) is 0 Å². The maximum atomic E-state index is 11.2. The Labute approximate surface area is 207 Å². The van der Waals surface area contributed by atoms with Gasteiger partial charge < -0.3 is 40.3 Å². The molecule has 190 valence electrons. The number of imidazole rings is 1. The summed E-state index contributed by atoms with van der Waals surface area (Å²) >= 11 is 6.17. The molecule has 3 heterocycles. The van der Waals surface area contributed by atoms with Crippen LogP contribution in [-0.4, -0.2) is 74.2 Å². The van der Waals surface area contributed by atoms with E-state index in [4.69, 9.17) is 26.1 Å². The highest BCUT2D eigenvalue weighted by atomic mass is 35.5. The zero-order valence-corrected chi connectivity index (χ0v) is 20.0. The van der Waals surface area contributed by atoms with Gasteiger partial charge in [-0.25, -0.2) is 4.98 Å². The minimum Gasteiger partial charge on any atom is -0.504 e. The zero-order valence-electron chi connectivity index (χ0n) is 18.3. The predicted molar refractivity (Wildman–Crippen MR) is 128 cm³/mol. The number of benzene rings is 2. The van der Waals surface area contributed by atoms with Crippen molar-refractivity contribution in [2.24, 2.45) is 0 Å². The molecule has 1 aliphatic heterocycles. The number of aromatic hydroxyl groups is 2. The van der Waals surface area contributed by atoms with E-state index in [0.29, 0.717) is 16.5 Å². The van der Waals surface area contributed by atoms with Crippen LogP contribution in [0, 0.1) is 0 Å². The van der Waals surface area contributed by atoms with Gasteiger partial charge in [0.2, 0.25) is 5.28 Å². The number of anilines is 2. The molecule has 5 rings (SSSR count). The summed E-state index contributed by atoms with van der Waals surface area (Å²) < 4.78 is 18.3. The van der Waals surface area contributed by atoms with E-state index in [1.54, 1.807) is 18.2 Å². The van der Waals surface area contributed by atoms with Crippen molar-refractivity contribution < 1.29 is 39.5 Å². The highest BCUT2D eigenvalue weighted by molar-refractivity contribution is 7.51. The molecule has 1 fully saturated rings. The molecule has 2 unspecified atom stereocenters. The van der Waals surface area contributed by atoms with Crippen LogP contribution >= 0.6 is 19.2 Å². The number of phenols is 2. The quantitative estimate of drug-likeness (QED) is 0.107. The Bertz CT molecular complexity index is 1510. The number of nitrogens with zero attached hydrogens (tertiary/aromatic N) is 4. The molecule has 0 spiro atoms. The molecule has 13 nitrogen and oxygen atoms in total. The van der Waals surface area contributed by atoms with Crippen LogP contribution in [0.3, 0.4) is 0 Å². The lowest BCUT2D eigenvalue weighted by atomic mass is 10.1. The minimum atomic E-state index is -4.32. The summed E-state index contributed by atoms with van der Waals surface area (Å²) in [6.45, 7) is 0. The summed E-state index contributed by atoms with van der Waals surface area (Å²) in [6, 6.07) is 8.03. The number of halogens is 1. The number of fused-ring (bicyclic) bond motifs is 2. The van der Waals surface area contributed by atoms with E-state index >= 15 is 0 Å². The SMILES string of the molecule is O=P(O)(O)CC[C@H]1O[C@@H](n2cnc3c(Nc4cccc5cc(O)c(O)cc45)nc(Cl)nc32)C(O)C1O. The molecule has 7 N–H and O–H groups in total. The monoisotopic (exact) mass is 537 g/mol. The lowest BCUT2D eigenvalue weighted by Crippen LogP contribution is -2.31. The Hall–Kier alpha value is -3.03. The van der Waals surface area contributed by atoms with Gasteiger partial charge >= 0.3 is 7.60 Å². The van der Waals surface area contributed by atoms with E-state index in [1.807, 2.05) is 0 Å². The molecule has 0 amide bonds. The minimum absolute atomic E-state index is 0.154. The third-order valence-corrected chi connectivity index (χ3v) is 6.95. The van der Waals surface area contributed by atoms with E-state index in [1.165, 1.54) is 23.0 Å². The first-order valence-electron chi connectivity index (χ1n) is 10.7. The van der Waals surface area contributed by atoms with Crippen LogP contribution in [0.25, 0.3) is 21.9 Å². The number of aliphatic hydroxyl groups is 2. The van der Waals surface area contributed by atoms with E-state index in [-0.39, 0.29) is 40.2 Å². The Balaban J connectivity index is 1.50. The van der Waals surface area contributed by atoms with Crippen molar-refractivity contribution in [3.8, 4) is 11.5 Å². The molecule has 36 heavy (non-hydrogen) atoms. The van der Waals surface area contributed by atoms with Crippen LogP contribution < -0.4 is 5.32 Å². The van der Waals surface area contributed by atoms with E-state index in [9.17, 15) is 25.0 Å². The molecule has 1 aliphatic rings. The van der Waals surface area contributed by atoms with Gasteiger partial charge in [0.25, 0.3) is 0 Å². The van der Waals surface area contributed by atoms with Crippen molar-refractivity contribution in [3.05, 3.63) is 41.9 Å². The molecule has 15 heteroatoms. The molecule has 1 saturated heterocycles. The second-order valence-corrected chi connectivity index (χ2v) is 10.5. The second kappa shape index (κ2) is 9.12. The summed E-state index contributed by atoms with van der Waals surface area (Å²) in [7, 11) is -4.32. The van der Waals surface area contributed by atoms with Crippen LogP contribution in [-0.2, 0) is 9.30 Å². The van der Waals surface area contributed by atoms with Gasteiger partial charge in [0, 0.05) is 11.1 Å². The van der Waals surface area contributed by atoms with Crippen molar-refractivity contribution in [3.63, 3.8) is 0 Å². The molecular weight excluding hydrogens is 517 g/mol. The fourth-order valence-electron chi connectivity index (χ4n) is 4.19. The van der Waals surface area contributed by atoms with Crippen LogP contribution in [0.4, 0.5) is 11.5 Å². The number of aromatic nitrogens is 4. The Morgan fingerprint density at radius 2 is 1.86 bits per heavy atom. The summed E-state index contributed by atoms with van der Waals surface area (Å²) in [5.41, 5.74) is 0.951. The van der Waals surface area contributed by atoms with Crippen LogP contribution in [0.5, 0.6) is 11.5 Å². The summed E-state index contributed by atoms with van der Waals surface area (Å²) in [4.78, 5) is 31.0. The van der Waals surface area contributed by atoms with E-state index < -0.39 is 38.3 Å². The predicted octanol–water partition coefficient (Wildman–Crippen LogP) is 1.97. The number of hydrogen-bond donors (Lipinski definition) is 7. The molecule has 4 aromatic rings. The van der Waals surface area contributed by atoms with Gasteiger partial charge in [-0.15, -0.1) is 0 Å². The third-order valence-electron chi connectivity index (χ3n) is 5.94. The van der Waals surface area contributed by atoms with Crippen molar-refractivity contribution in [2.75, 3.05) is 11.5 Å². The zero-order chi connectivity index (χ0) is 25.8. The Morgan fingerprint density at radius 1 is 1.11 bits per heavy atom. The van der Waals surface area contributed by atoms with Gasteiger partial charge in [-0.3, -0.25) is 9.13 Å². The van der Waals surface area contributed by atoms with Crippen molar-refractivity contribution >= 4 is 52.6 Å². The van der Waals surface area contributed by atoms with E-state index in [2.05, 4.69) is 20.3 Å². The summed E-state index contributed by atoms with van der Waals surface area (Å²) in [6.07, 6.45) is -4.36. The molecule has 2 aromatic heterocycles. The largest absolute Gasteiger partial charge is 0.504 e. The second-order valence-electron chi connectivity index (χ2n) is 8.38. The first-order valence-corrected chi connectivity index (χ1v) is 12.9. The maximum absolute atomic E-state index is 11.2. The molecule has 0 saturated carbocycles. The first kappa shape index (κ1) is 24.7. The fraction of sp³-hybridized carbons (Fsp3) is 0.286. The van der Waals surface area contributed by atoms with Gasteiger partial charge in [-0.1, -0.05) is 12.1 Å². The third kappa shape index (κ3) is 4.58. The lowest BCUT2D eigenvalue weighted by Gasteiger charge is -2.17. The number of hydrogen-bond acceptors (Lipinski definition) is 10. The van der Waals surface area contributed by atoms with E-state index in [0.717, 1.165) is 0 Å². The Kier molecular flexibility index (Phi) is 6.25. The van der Waals surface area contributed by atoms with Gasteiger partial charge in [-0.05, 0) is 41.6 Å². The number of rotatable bonds is 6. The molecule has 0 aliphatic carbocycles. The van der Waals surface area contributed by atoms with Crippen molar-refractivity contribution in [1.82, 2.24) is 19.5 Å². The molecule has 0 radical (unpaired) electrons. The summed E-state index contributed by atoms with van der Waals surface area (Å²) in [5.74, 6) is -0.358. The number of aliphatic hydroxyl groups excluding tert-OH is 2. The lowest BCUT2D eigenvalue weighted by molar-refractivity contribution is -0.0355. The standard InChI is InChI=1S/C21H21ClN5O8P/c22-21-25-18(24-11-3-1-2-9-6-12(28)13(29)7-10(9)11)15-19(26-21)27(8-23-15)20-17(31)16(30)14(35-20)4-5-36(32,33)34/h1-3,6-8,14,16-17,20,28-31H,4-5H2,(H,24,25,26)(H2,32,33,34)/t14-,16?,17?,20-/m1/s1. The molecule has 0 bridgehead atoms. The molecular formula is C21H21ClN5O8P. The van der Waals surface area contributed by atoms with Crippen LogP contribution in [0.2, 0.25) is 5.28 Å². The van der Waals surface area contributed by atoms with Crippen LogP contribution in [0.15, 0.2) is 36.7 Å². The summed E-state index contributed by atoms with van der Waals surface area (Å²) in [5, 5.41) is 44.9. The smallest absolute Gasteiger partial charge is 0.325 e. The van der Waals surface area contributed by atoms with Gasteiger partial charge in [0.1, 0.15) is 12.2 Å². The maximum Gasteiger partial charge on any atom is 0.325 e. The molecule has 4 atom stereocenters. The Morgan fingerprint density at radius 3 is 2.61 bits per heavy atom. The topological polar surface area (TPSA) is 203 Å². The first-order chi connectivity index (χ1) is 17.0. The normalized spacial score (nSPS) is 22.5. The van der Waals surface area contributed by atoms with Crippen LogP contribution in [0.1, 0.15) is 12.6 Å². The van der Waals surface area contributed by atoms with Gasteiger partial charge in [0.05, 0.1) is 18.6 Å².